The summed E-state index contributed by atoms with van der Waals surface area (Å²) in [5.41, 5.74) is -2.99. The first-order valence-corrected chi connectivity index (χ1v) is 32.8. The Labute approximate surface area is 594 Å². The Hall–Kier alpha value is -7.67. The molecule has 0 aliphatic heterocycles. The van der Waals surface area contributed by atoms with Gasteiger partial charge in [0.25, 0.3) is 0 Å². The van der Waals surface area contributed by atoms with Crippen LogP contribution in [0.1, 0.15) is 155 Å². The average molecular weight is 1740 g/mol. The molecule has 0 spiro atoms. The van der Waals surface area contributed by atoms with Gasteiger partial charge in [-0.15, -0.1) is 0 Å². The summed E-state index contributed by atoms with van der Waals surface area (Å²) >= 11 is 4.97. The molecule has 0 saturated carbocycles. The van der Waals surface area contributed by atoms with Crippen LogP contribution >= 0.6 is 67.8 Å². The highest BCUT2D eigenvalue weighted by molar-refractivity contribution is 14.1. The van der Waals surface area contributed by atoms with Gasteiger partial charge in [-0.05, 0) is 142 Å². The summed E-state index contributed by atoms with van der Waals surface area (Å²) in [7, 11) is 0.676. The summed E-state index contributed by atoms with van der Waals surface area (Å²) in [6.07, 6.45) is -13.8. The molecule has 0 atom stereocenters. The van der Waals surface area contributed by atoms with Crippen molar-refractivity contribution in [2.24, 2.45) is 0 Å². The minimum atomic E-state index is -5.33. The lowest BCUT2D eigenvalue weighted by molar-refractivity contribution is -0.196. The number of phenols is 1. The SMILES string of the molecule is CCCCc1oc2ccccc2c1C(=O)c1cc(C(F)(F)F)c(OC(C)=O)c(C(F)(F)F)c1.CCCCc1oc2ccccc2c1C(=O)c1cc(I)c(O)c(I)c1.CCCCc1oc2ccccc2c1C(=O)c1cc(I)c(OC(C)=O)c(C(F)(F)F)c1.COC(=O)C(F)(F)F.O=S=O. The summed E-state index contributed by atoms with van der Waals surface area (Å²) in [6, 6.07) is 26.9. The number of hydrogen-bond acceptors (Lipinski definition) is 15. The third kappa shape index (κ3) is 20.9. The van der Waals surface area contributed by atoms with Crippen LogP contribution in [0.4, 0.5) is 52.7 Å². The van der Waals surface area contributed by atoms with Gasteiger partial charge >= 0.3 is 54.2 Å². The van der Waals surface area contributed by atoms with Gasteiger partial charge in [-0.2, -0.15) is 61.1 Å². The van der Waals surface area contributed by atoms with Crippen LogP contribution in [0.15, 0.2) is 122 Å². The normalized spacial score (nSPS) is 11.4. The fraction of sp³-hybridized carbons (Fsp3) is 0.284. The van der Waals surface area contributed by atoms with E-state index in [2.05, 4.69) is 16.4 Å². The number of halogens is 15. The molecular formula is C67H55F12I3O15S. The Morgan fingerprint density at radius 2 is 0.735 bits per heavy atom. The lowest BCUT2D eigenvalue weighted by Crippen LogP contribution is -2.23. The maximum Gasteiger partial charge on any atom is 0.490 e. The van der Waals surface area contributed by atoms with Crippen LogP contribution in [0, 0.1) is 10.7 Å². The lowest BCUT2D eigenvalue weighted by Gasteiger charge is -2.19. The Kier molecular flexibility index (Phi) is 29.3. The van der Waals surface area contributed by atoms with Crippen LogP contribution in [0.5, 0.6) is 17.2 Å². The number of furan rings is 3. The number of alkyl halides is 12. The summed E-state index contributed by atoms with van der Waals surface area (Å²) in [5.74, 6) is -6.78. The van der Waals surface area contributed by atoms with E-state index in [4.69, 9.17) is 26.4 Å². The van der Waals surface area contributed by atoms with Crippen molar-refractivity contribution in [2.45, 2.75) is 117 Å². The number of phenolic OH excluding ortho intramolecular Hbond substituents is 1. The van der Waals surface area contributed by atoms with Gasteiger partial charge in [-0.1, -0.05) is 94.6 Å². The second kappa shape index (κ2) is 35.4. The second-order valence-corrected chi connectivity index (χ2v) is 24.4. The van der Waals surface area contributed by atoms with Crippen molar-refractivity contribution in [1.82, 2.24) is 0 Å². The Bertz CT molecular complexity index is 4370. The number of benzene rings is 6. The number of ether oxygens (including phenoxy) is 3. The number of methoxy groups -OCH3 is 1. The third-order valence-electron chi connectivity index (χ3n) is 13.7. The zero-order chi connectivity index (χ0) is 73.4. The molecule has 9 rings (SSSR count). The molecule has 0 saturated heterocycles. The molecule has 98 heavy (non-hydrogen) atoms. The van der Waals surface area contributed by atoms with E-state index in [0.717, 1.165) is 68.2 Å². The molecule has 6 aromatic carbocycles. The maximum absolute atomic E-state index is 13.7. The van der Waals surface area contributed by atoms with Crippen molar-refractivity contribution < 1.29 is 122 Å². The number of esters is 3. The van der Waals surface area contributed by atoms with Crippen molar-refractivity contribution in [3.8, 4) is 17.2 Å². The number of hydrogen-bond donors (Lipinski definition) is 1. The highest BCUT2D eigenvalue weighted by Crippen LogP contribution is 2.47. The van der Waals surface area contributed by atoms with Crippen LogP contribution in [0.3, 0.4) is 0 Å². The van der Waals surface area contributed by atoms with Gasteiger partial charge < -0.3 is 32.6 Å². The number of para-hydroxylation sites is 3. The molecule has 0 unspecified atom stereocenters. The third-order valence-corrected chi connectivity index (χ3v) is 16.2. The summed E-state index contributed by atoms with van der Waals surface area (Å²) < 4.78 is 204. The van der Waals surface area contributed by atoms with Crippen molar-refractivity contribution in [3.05, 3.63) is 187 Å². The van der Waals surface area contributed by atoms with Crippen LogP contribution in [0.2, 0.25) is 0 Å². The van der Waals surface area contributed by atoms with Crippen molar-refractivity contribution in [1.29, 1.82) is 0 Å². The minimum Gasteiger partial charge on any atom is -0.506 e. The van der Waals surface area contributed by atoms with Crippen molar-refractivity contribution in [2.75, 3.05) is 7.11 Å². The molecule has 0 aliphatic rings. The Balaban J connectivity index is 0.000000248. The first kappa shape index (κ1) is 81.0. The molecule has 3 aromatic heterocycles. The summed E-state index contributed by atoms with van der Waals surface area (Å²) in [5, 5.41) is 11.6. The van der Waals surface area contributed by atoms with Gasteiger partial charge in [0.05, 0.1) is 45.6 Å². The van der Waals surface area contributed by atoms with Gasteiger partial charge in [0, 0.05) is 66.0 Å². The molecule has 3 heterocycles. The summed E-state index contributed by atoms with van der Waals surface area (Å²) in [4.78, 5) is 71.8. The number of carbonyl (C=O) groups excluding carboxylic acids is 6. The van der Waals surface area contributed by atoms with Crippen LogP contribution in [-0.4, -0.2) is 62.1 Å². The van der Waals surface area contributed by atoms with Gasteiger partial charge in [-0.25, -0.2) is 4.79 Å². The molecule has 1 N–H and O–H groups in total. The van der Waals surface area contributed by atoms with E-state index < -0.39 is 99.5 Å². The van der Waals surface area contributed by atoms with E-state index >= 15 is 0 Å². The quantitative estimate of drug-likeness (QED) is 0.0294. The molecule has 0 aliphatic carbocycles. The lowest BCUT2D eigenvalue weighted by atomic mass is 9.94. The predicted octanol–water partition coefficient (Wildman–Crippen LogP) is 19.5. The van der Waals surface area contributed by atoms with Gasteiger partial charge in [0.15, 0.2) is 28.8 Å². The minimum absolute atomic E-state index is 0.0175. The highest BCUT2D eigenvalue weighted by Gasteiger charge is 2.45. The summed E-state index contributed by atoms with van der Waals surface area (Å²) in [6.45, 7) is 7.69. The average Bonchev–Trinajstić information content (AvgIpc) is 1.32. The predicted molar refractivity (Wildman–Crippen MR) is 359 cm³/mol. The molecule has 0 radical (unpaired) electrons. The maximum atomic E-state index is 13.7. The van der Waals surface area contributed by atoms with E-state index in [9.17, 15) is 86.6 Å². The molecular weight excluding hydrogens is 1690 g/mol. The largest absolute Gasteiger partial charge is 0.506 e. The van der Waals surface area contributed by atoms with E-state index in [-0.39, 0.29) is 67.1 Å². The van der Waals surface area contributed by atoms with Crippen LogP contribution in [0.25, 0.3) is 32.9 Å². The fourth-order valence-corrected chi connectivity index (χ4v) is 11.9. The Morgan fingerprint density at radius 3 is 1.01 bits per heavy atom. The number of ketones is 3. The van der Waals surface area contributed by atoms with Crippen LogP contribution in [-0.2, 0) is 68.5 Å². The van der Waals surface area contributed by atoms with E-state index in [1.807, 2.05) is 83.3 Å². The highest BCUT2D eigenvalue weighted by atomic mass is 127. The molecule has 0 amide bonds. The standard InChI is InChI=1S/C23H18F6O4.C22H18F3IO4.C19H16I2O3.C3H3F3O2.O2S/c1-3-4-8-18-19(14-7-5-6-9-17(14)33-18)20(31)13-10-15(22(24,25)26)21(32-12(2)30)16(11-13)23(27,28)29;1-3-4-8-18-19(14-7-5-6-9-17(14)30-18)20(28)13-10-15(22(23,24)25)21(16(26)11-13)29-12(2)27;1-2-3-7-16-17(12-6-4-5-8-15(12)24-16)18(22)11-9-13(20)19(23)14(21)10-11;1-8-2(7)3(4,5)6;1-3-2/h5-7,9-11H,3-4,8H2,1-2H3;5-7,9-11H,3-4,8H2,1-2H3;4-6,8-10,23H,2-3,7H2,1H3;1H3;. The zero-order valence-electron chi connectivity index (χ0n) is 52.0. The fourth-order valence-electron chi connectivity index (χ4n) is 9.44. The number of fused-ring (bicyclic) bond motifs is 3. The van der Waals surface area contributed by atoms with Crippen molar-refractivity contribution >= 4 is 148 Å². The molecule has 15 nitrogen and oxygen atoms in total. The van der Waals surface area contributed by atoms with Gasteiger partial charge in [0.1, 0.15) is 45.3 Å². The van der Waals surface area contributed by atoms with Gasteiger partial charge in [-0.3, -0.25) is 24.0 Å². The van der Waals surface area contributed by atoms with E-state index in [1.54, 1.807) is 77.2 Å². The topological polar surface area (TPSA) is 224 Å². The molecule has 0 bridgehead atoms. The number of rotatable bonds is 17. The van der Waals surface area contributed by atoms with E-state index in [0.29, 0.717) is 61.9 Å². The molecule has 31 heteroatoms. The van der Waals surface area contributed by atoms with Gasteiger partial charge in [0.2, 0.25) is 0 Å². The number of carbonyl (C=O) groups is 6. The zero-order valence-corrected chi connectivity index (χ0v) is 59.3. The number of aromatic hydroxyl groups is 1. The first-order valence-electron chi connectivity index (χ1n) is 28.9. The number of aryl methyl sites for hydroxylation is 3. The molecule has 0 fully saturated rings. The van der Waals surface area contributed by atoms with Crippen LogP contribution < -0.4 is 9.47 Å². The first-order chi connectivity index (χ1) is 45.9. The number of unbranched alkanes of at least 4 members (excludes halogenated alkanes) is 3. The molecule has 524 valence electrons. The second-order valence-electron chi connectivity index (χ2n) is 20.7. The molecule has 9 aromatic rings. The van der Waals surface area contributed by atoms with Crippen molar-refractivity contribution in [3.63, 3.8) is 0 Å². The smallest absolute Gasteiger partial charge is 0.490 e. The Morgan fingerprint density at radius 1 is 0.459 bits per heavy atom. The van der Waals surface area contributed by atoms with E-state index in [1.165, 1.54) is 12.1 Å². The monoisotopic (exact) mass is 1740 g/mol.